The number of fused-ring (bicyclic) bond motifs is 1. The van der Waals surface area contributed by atoms with E-state index in [0.29, 0.717) is 0 Å². The Labute approximate surface area is 106 Å². The van der Waals surface area contributed by atoms with E-state index in [1.165, 1.54) is 37.7 Å². The van der Waals surface area contributed by atoms with Crippen molar-refractivity contribution < 1.29 is 0 Å². The molecule has 1 aliphatic carbocycles. The SMILES string of the molecule is Clc1ccc2[nH][c]nc2c1CC1CCCCC1. The molecule has 89 valence electrons. The lowest BCUT2D eigenvalue weighted by Gasteiger charge is -2.22. The van der Waals surface area contributed by atoms with Gasteiger partial charge in [0.2, 0.25) is 0 Å². The summed E-state index contributed by atoms with van der Waals surface area (Å²) in [5.74, 6) is 0.781. The van der Waals surface area contributed by atoms with Gasteiger partial charge in [-0.3, -0.25) is 0 Å². The number of hydrogen-bond acceptors (Lipinski definition) is 1. The molecule has 2 aromatic rings. The molecule has 1 radical (unpaired) electrons. The van der Waals surface area contributed by atoms with Crippen LogP contribution in [-0.2, 0) is 6.42 Å². The fourth-order valence-electron chi connectivity index (χ4n) is 2.86. The standard InChI is InChI=1S/C14H16ClN2/c15-12-6-7-13-14(17-9-16-13)11(12)8-10-4-2-1-3-5-10/h6-7,10H,1-5,8H2,(H,16,17). The number of nitrogens with zero attached hydrogens (tertiary/aromatic N) is 1. The molecule has 1 saturated carbocycles. The summed E-state index contributed by atoms with van der Waals surface area (Å²) in [6.07, 6.45) is 10.7. The average Bonchev–Trinajstić information content (AvgIpc) is 2.83. The second kappa shape index (κ2) is 4.69. The second-order valence-corrected chi connectivity index (χ2v) is 5.39. The van der Waals surface area contributed by atoms with E-state index >= 15 is 0 Å². The molecule has 17 heavy (non-hydrogen) atoms. The number of benzene rings is 1. The van der Waals surface area contributed by atoms with Gasteiger partial charge >= 0.3 is 0 Å². The van der Waals surface area contributed by atoms with Gasteiger partial charge in [0, 0.05) is 5.02 Å². The maximum absolute atomic E-state index is 6.31. The monoisotopic (exact) mass is 247 g/mol. The third-order valence-electron chi connectivity index (χ3n) is 3.80. The average molecular weight is 248 g/mol. The molecular weight excluding hydrogens is 232 g/mol. The van der Waals surface area contributed by atoms with Crippen LogP contribution in [0.4, 0.5) is 0 Å². The molecule has 0 bridgehead atoms. The molecule has 0 unspecified atom stereocenters. The van der Waals surface area contributed by atoms with Gasteiger partial charge in [-0.25, -0.2) is 4.98 Å². The number of H-pyrrole nitrogens is 1. The van der Waals surface area contributed by atoms with Crippen LogP contribution in [0.3, 0.4) is 0 Å². The number of hydrogen-bond donors (Lipinski definition) is 1. The first-order valence-corrected chi connectivity index (χ1v) is 6.75. The summed E-state index contributed by atoms with van der Waals surface area (Å²) < 4.78 is 0. The van der Waals surface area contributed by atoms with Gasteiger partial charge in [-0.1, -0.05) is 43.7 Å². The third kappa shape index (κ3) is 2.19. The molecule has 3 rings (SSSR count). The second-order valence-electron chi connectivity index (χ2n) is 4.98. The quantitative estimate of drug-likeness (QED) is 0.849. The maximum atomic E-state index is 6.31. The van der Waals surface area contributed by atoms with Crippen LogP contribution >= 0.6 is 11.6 Å². The first-order chi connectivity index (χ1) is 8.34. The Kier molecular flexibility index (Phi) is 3.06. The fraction of sp³-hybridized carbons (Fsp3) is 0.500. The van der Waals surface area contributed by atoms with E-state index in [1.54, 1.807) is 0 Å². The summed E-state index contributed by atoms with van der Waals surface area (Å²) in [6, 6.07) is 3.94. The van der Waals surface area contributed by atoms with E-state index in [-0.39, 0.29) is 0 Å². The zero-order valence-electron chi connectivity index (χ0n) is 9.80. The van der Waals surface area contributed by atoms with Crippen molar-refractivity contribution in [3.8, 4) is 0 Å². The van der Waals surface area contributed by atoms with E-state index in [4.69, 9.17) is 11.6 Å². The smallest absolute Gasteiger partial charge is 0.174 e. The third-order valence-corrected chi connectivity index (χ3v) is 4.16. The highest BCUT2D eigenvalue weighted by atomic mass is 35.5. The van der Waals surface area contributed by atoms with Crippen molar-refractivity contribution in [2.75, 3.05) is 0 Å². The lowest BCUT2D eigenvalue weighted by atomic mass is 9.84. The Hall–Kier alpha value is -1.02. The normalized spacial score (nSPS) is 17.7. The first kappa shape index (κ1) is 11.1. The number of rotatable bonds is 2. The van der Waals surface area contributed by atoms with Gasteiger partial charge in [0.1, 0.15) is 0 Å². The van der Waals surface area contributed by atoms with E-state index in [1.807, 2.05) is 12.1 Å². The van der Waals surface area contributed by atoms with Crippen molar-refractivity contribution in [1.29, 1.82) is 0 Å². The zero-order valence-corrected chi connectivity index (χ0v) is 10.6. The largest absolute Gasteiger partial charge is 0.335 e. The highest BCUT2D eigenvalue weighted by Crippen LogP contribution is 2.32. The number of imidazole rings is 1. The van der Waals surface area contributed by atoms with Crippen LogP contribution in [0.2, 0.25) is 5.02 Å². The topological polar surface area (TPSA) is 28.7 Å². The summed E-state index contributed by atoms with van der Waals surface area (Å²) >= 11 is 6.31. The van der Waals surface area contributed by atoms with Crippen LogP contribution in [-0.4, -0.2) is 9.97 Å². The van der Waals surface area contributed by atoms with Crippen molar-refractivity contribution in [2.24, 2.45) is 5.92 Å². The minimum absolute atomic E-state index is 0.781. The van der Waals surface area contributed by atoms with Crippen LogP contribution in [0.25, 0.3) is 11.0 Å². The van der Waals surface area contributed by atoms with Gasteiger partial charge in [0.05, 0.1) is 11.0 Å². The van der Waals surface area contributed by atoms with Crippen molar-refractivity contribution in [3.63, 3.8) is 0 Å². The van der Waals surface area contributed by atoms with Crippen LogP contribution in [0.5, 0.6) is 0 Å². The Balaban J connectivity index is 1.92. The first-order valence-electron chi connectivity index (χ1n) is 6.38. The molecule has 0 amide bonds. The molecule has 1 fully saturated rings. The molecule has 0 aliphatic heterocycles. The maximum Gasteiger partial charge on any atom is 0.174 e. The van der Waals surface area contributed by atoms with Crippen LogP contribution < -0.4 is 0 Å². The van der Waals surface area contributed by atoms with Gasteiger partial charge < -0.3 is 4.98 Å². The Morgan fingerprint density at radius 1 is 1.29 bits per heavy atom. The van der Waals surface area contributed by atoms with Crippen molar-refractivity contribution in [1.82, 2.24) is 9.97 Å². The van der Waals surface area contributed by atoms with Crippen LogP contribution in [0.1, 0.15) is 37.7 Å². The number of halogens is 1. The van der Waals surface area contributed by atoms with Crippen LogP contribution in [0.15, 0.2) is 12.1 Å². The number of aromatic amines is 1. The number of nitrogens with one attached hydrogen (secondary N) is 1. The lowest BCUT2D eigenvalue weighted by molar-refractivity contribution is 0.357. The molecule has 0 atom stereocenters. The Morgan fingerprint density at radius 3 is 2.94 bits per heavy atom. The molecule has 1 heterocycles. The van der Waals surface area contributed by atoms with Gasteiger partial charge in [0.25, 0.3) is 0 Å². The highest BCUT2D eigenvalue weighted by molar-refractivity contribution is 6.32. The summed E-state index contributed by atoms with van der Waals surface area (Å²) in [7, 11) is 0. The molecule has 3 heteroatoms. The predicted molar refractivity (Wildman–Crippen MR) is 70.2 cm³/mol. The molecule has 1 N–H and O–H groups in total. The van der Waals surface area contributed by atoms with Crippen molar-refractivity contribution in [2.45, 2.75) is 38.5 Å². The summed E-state index contributed by atoms with van der Waals surface area (Å²) in [4.78, 5) is 7.31. The van der Waals surface area contributed by atoms with Gasteiger partial charge in [0.15, 0.2) is 6.33 Å². The molecular formula is C14H16ClN2. The van der Waals surface area contributed by atoms with E-state index in [9.17, 15) is 0 Å². The molecule has 0 saturated heterocycles. The molecule has 2 nitrogen and oxygen atoms in total. The Bertz CT molecular complexity index is 512. The zero-order chi connectivity index (χ0) is 11.7. The Morgan fingerprint density at radius 2 is 2.12 bits per heavy atom. The van der Waals surface area contributed by atoms with Gasteiger partial charge in [-0.2, -0.15) is 0 Å². The van der Waals surface area contributed by atoms with Crippen molar-refractivity contribution >= 4 is 22.6 Å². The van der Waals surface area contributed by atoms with E-state index in [2.05, 4.69) is 16.3 Å². The number of aromatic nitrogens is 2. The summed E-state index contributed by atoms with van der Waals surface area (Å²) in [5.41, 5.74) is 3.25. The molecule has 1 aliphatic rings. The van der Waals surface area contributed by atoms with Gasteiger partial charge in [-0.05, 0) is 30.0 Å². The minimum Gasteiger partial charge on any atom is -0.335 e. The predicted octanol–water partition coefficient (Wildman–Crippen LogP) is 4.14. The van der Waals surface area contributed by atoms with Crippen LogP contribution in [0, 0.1) is 12.2 Å². The lowest BCUT2D eigenvalue weighted by Crippen LogP contribution is -2.09. The molecule has 1 aromatic heterocycles. The fourth-order valence-corrected chi connectivity index (χ4v) is 3.09. The molecule has 1 aromatic carbocycles. The van der Waals surface area contributed by atoms with E-state index < -0.39 is 0 Å². The minimum atomic E-state index is 0.781. The highest BCUT2D eigenvalue weighted by Gasteiger charge is 2.17. The van der Waals surface area contributed by atoms with E-state index in [0.717, 1.165) is 28.4 Å². The van der Waals surface area contributed by atoms with Crippen molar-refractivity contribution in [3.05, 3.63) is 29.0 Å². The summed E-state index contributed by atoms with van der Waals surface area (Å²) in [5, 5.41) is 0.851. The van der Waals surface area contributed by atoms with Gasteiger partial charge in [-0.15, -0.1) is 0 Å². The summed E-state index contributed by atoms with van der Waals surface area (Å²) in [6.45, 7) is 0. The molecule has 0 spiro atoms.